The van der Waals surface area contributed by atoms with E-state index in [4.69, 9.17) is 4.98 Å². The summed E-state index contributed by atoms with van der Waals surface area (Å²) in [6.07, 6.45) is 4.70. The topological polar surface area (TPSA) is 50.2 Å². The first-order chi connectivity index (χ1) is 9.58. The minimum Gasteiger partial charge on any atom is -0.478 e. The third-order valence-electron chi connectivity index (χ3n) is 4.53. The minimum absolute atomic E-state index is 0.389. The highest BCUT2D eigenvalue weighted by molar-refractivity contribution is 6.03. The van der Waals surface area contributed by atoms with Crippen LogP contribution in [0.15, 0.2) is 18.2 Å². The van der Waals surface area contributed by atoms with Crippen molar-refractivity contribution in [1.82, 2.24) is 4.98 Å². The molecule has 0 aliphatic heterocycles. The fourth-order valence-corrected chi connectivity index (χ4v) is 3.16. The molecule has 0 amide bonds. The number of aromatic carboxylic acids is 1. The monoisotopic (exact) mass is 269 g/mol. The van der Waals surface area contributed by atoms with Crippen LogP contribution in [0.3, 0.4) is 0 Å². The molecule has 1 aliphatic rings. The molecule has 0 spiro atoms. The molecule has 0 unspecified atom stereocenters. The molecule has 1 aromatic carbocycles. The van der Waals surface area contributed by atoms with Crippen LogP contribution in [0.25, 0.3) is 10.9 Å². The zero-order valence-electron chi connectivity index (χ0n) is 11.9. The summed E-state index contributed by atoms with van der Waals surface area (Å²) in [4.78, 5) is 16.3. The van der Waals surface area contributed by atoms with Gasteiger partial charge < -0.3 is 5.11 Å². The first-order valence-corrected chi connectivity index (χ1v) is 7.22. The Bertz CT molecular complexity index is 685. The molecule has 1 aromatic heterocycles. The highest BCUT2D eigenvalue weighted by Crippen LogP contribution is 2.35. The predicted octanol–water partition coefficient (Wildman–Crippen LogP) is 4.21. The van der Waals surface area contributed by atoms with Gasteiger partial charge >= 0.3 is 5.97 Å². The van der Waals surface area contributed by atoms with E-state index in [2.05, 4.69) is 0 Å². The number of carbonyl (C=O) groups is 1. The zero-order valence-corrected chi connectivity index (χ0v) is 11.9. The molecular formula is C17H19NO2. The van der Waals surface area contributed by atoms with Crippen molar-refractivity contribution in [3.8, 4) is 0 Å². The zero-order chi connectivity index (χ0) is 14.3. The van der Waals surface area contributed by atoms with Crippen LogP contribution in [-0.2, 0) is 0 Å². The smallest absolute Gasteiger partial charge is 0.336 e. The van der Waals surface area contributed by atoms with Crippen molar-refractivity contribution in [2.75, 3.05) is 0 Å². The Hall–Kier alpha value is -1.90. The summed E-state index contributed by atoms with van der Waals surface area (Å²) in [5.41, 5.74) is 4.45. The third kappa shape index (κ3) is 2.07. The summed E-state index contributed by atoms with van der Waals surface area (Å²) < 4.78 is 0. The van der Waals surface area contributed by atoms with Crippen LogP contribution in [0.4, 0.5) is 0 Å². The molecule has 0 bridgehead atoms. The summed E-state index contributed by atoms with van der Waals surface area (Å²) in [6.45, 7) is 4.06. The minimum atomic E-state index is -0.861. The maximum atomic E-state index is 11.6. The van der Waals surface area contributed by atoms with Crippen LogP contribution in [0.1, 0.15) is 58.8 Å². The predicted molar refractivity (Wildman–Crippen MR) is 79.4 cm³/mol. The second-order valence-electron chi connectivity index (χ2n) is 5.78. The second kappa shape index (κ2) is 4.89. The van der Waals surface area contributed by atoms with E-state index >= 15 is 0 Å². The van der Waals surface area contributed by atoms with Gasteiger partial charge in [-0.05, 0) is 43.9 Å². The lowest BCUT2D eigenvalue weighted by atomic mass is 9.96. The number of hydrogen-bond donors (Lipinski definition) is 1. The molecule has 3 rings (SSSR count). The van der Waals surface area contributed by atoms with Gasteiger partial charge in [-0.2, -0.15) is 0 Å². The van der Waals surface area contributed by atoms with Crippen LogP contribution in [0.5, 0.6) is 0 Å². The van der Waals surface area contributed by atoms with Gasteiger partial charge in [0.1, 0.15) is 0 Å². The van der Waals surface area contributed by atoms with E-state index in [1.165, 1.54) is 12.8 Å². The summed E-state index contributed by atoms with van der Waals surface area (Å²) in [6, 6.07) is 5.64. The third-order valence-corrected chi connectivity index (χ3v) is 4.53. The maximum absolute atomic E-state index is 11.6. The van der Waals surface area contributed by atoms with Crippen LogP contribution in [0.2, 0.25) is 0 Å². The highest BCUT2D eigenvalue weighted by Gasteiger charge is 2.22. The number of nitrogens with zero attached hydrogens (tertiary/aromatic N) is 1. The normalized spacial score (nSPS) is 15.9. The molecule has 3 nitrogen and oxygen atoms in total. The largest absolute Gasteiger partial charge is 0.478 e. The number of benzene rings is 1. The Kier molecular flexibility index (Phi) is 3.20. The fourth-order valence-electron chi connectivity index (χ4n) is 3.16. The quantitative estimate of drug-likeness (QED) is 0.888. The van der Waals surface area contributed by atoms with E-state index in [1.54, 1.807) is 6.07 Å². The SMILES string of the molecule is Cc1ccc2c(C(=O)O)cc(C3CCCC3)nc2c1C. The van der Waals surface area contributed by atoms with E-state index in [-0.39, 0.29) is 0 Å². The average molecular weight is 269 g/mol. The van der Waals surface area contributed by atoms with E-state index < -0.39 is 5.97 Å². The molecule has 0 atom stereocenters. The second-order valence-corrected chi connectivity index (χ2v) is 5.78. The number of carboxylic acids is 1. The van der Waals surface area contributed by atoms with Gasteiger partial charge in [0.15, 0.2) is 0 Å². The van der Waals surface area contributed by atoms with Crippen molar-refractivity contribution in [1.29, 1.82) is 0 Å². The summed E-state index contributed by atoms with van der Waals surface area (Å²) >= 11 is 0. The molecule has 20 heavy (non-hydrogen) atoms. The Morgan fingerprint density at radius 2 is 1.95 bits per heavy atom. The number of fused-ring (bicyclic) bond motifs is 1. The number of aryl methyl sites for hydroxylation is 2. The summed E-state index contributed by atoms with van der Waals surface area (Å²) in [5, 5.41) is 10.2. The first kappa shape index (κ1) is 13.1. The molecule has 1 fully saturated rings. The number of carboxylic acid groups (broad SMARTS) is 1. The van der Waals surface area contributed by atoms with Crippen LogP contribution < -0.4 is 0 Å². The van der Waals surface area contributed by atoms with Gasteiger partial charge in [0.25, 0.3) is 0 Å². The Morgan fingerprint density at radius 3 is 2.60 bits per heavy atom. The van der Waals surface area contributed by atoms with Crippen molar-refractivity contribution in [3.63, 3.8) is 0 Å². The Morgan fingerprint density at radius 1 is 1.25 bits per heavy atom. The summed E-state index contributed by atoms with van der Waals surface area (Å²) in [7, 11) is 0. The number of rotatable bonds is 2. The van der Waals surface area contributed by atoms with Gasteiger partial charge in [-0.15, -0.1) is 0 Å². The van der Waals surface area contributed by atoms with Crippen LogP contribution in [0, 0.1) is 13.8 Å². The van der Waals surface area contributed by atoms with E-state index in [0.717, 1.165) is 40.6 Å². The van der Waals surface area contributed by atoms with E-state index in [9.17, 15) is 9.90 Å². The standard InChI is InChI=1S/C17H19NO2/c1-10-7-8-13-14(17(19)20)9-15(12-5-3-4-6-12)18-16(13)11(10)2/h7-9,12H,3-6H2,1-2H3,(H,19,20). The van der Waals surface area contributed by atoms with Gasteiger partial charge in [-0.1, -0.05) is 25.0 Å². The molecule has 3 heteroatoms. The van der Waals surface area contributed by atoms with Gasteiger partial charge in [-0.3, -0.25) is 4.98 Å². The molecule has 1 aliphatic carbocycles. The van der Waals surface area contributed by atoms with Gasteiger partial charge in [0, 0.05) is 17.0 Å². The van der Waals surface area contributed by atoms with Crippen LogP contribution in [-0.4, -0.2) is 16.1 Å². The lowest BCUT2D eigenvalue weighted by Crippen LogP contribution is -2.05. The van der Waals surface area contributed by atoms with Crippen molar-refractivity contribution in [2.24, 2.45) is 0 Å². The van der Waals surface area contributed by atoms with Crippen molar-refractivity contribution in [3.05, 3.63) is 40.6 Å². The number of hydrogen-bond acceptors (Lipinski definition) is 2. The molecule has 0 saturated heterocycles. The van der Waals surface area contributed by atoms with Gasteiger partial charge in [-0.25, -0.2) is 4.79 Å². The Balaban J connectivity index is 2.28. The van der Waals surface area contributed by atoms with E-state index in [0.29, 0.717) is 11.5 Å². The first-order valence-electron chi connectivity index (χ1n) is 7.22. The average Bonchev–Trinajstić information content (AvgIpc) is 2.96. The molecule has 104 valence electrons. The van der Waals surface area contributed by atoms with Crippen molar-refractivity contribution >= 4 is 16.9 Å². The molecule has 1 N–H and O–H groups in total. The fraction of sp³-hybridized carbons (Fsp3) is 0.412. The Labute approximate surface area is 118 Å². The number of aromatic nitrogens is 1. The van der Waals surface area contributed by atoms with Crippen molar-refractivity contribution in [2.45, 2.75) is 45.4 Å². The lowest BCUT2D eigenvalue weighted by Gasteiger charge is -2.14. The van der Waals surface area contributed by atoms with Crippen LogP contribution >= 0.6 is 0 Å². The van der Waals surface area contributed by atoms with Gasteiger partial charge in [0.2, 0.25) is 0 Å². The maximum Gasteiger partial charge on any atom is 0.336 e. The van der Waals surface area contributed by atoms with E-state index in [1.807, 2.05) is 26.0 Å². The molecule has 0 radical (unpaired) electrons. The lowest BCUT2D eigenvalue weighted by molar-refractivity contribution is 0.0699. The van der Waals surface area contributed by atoms with Crippen molar-refractivity contribution < 1.29 is 9.90 Å². The molecular weight excluding hydrogens is 250 g/mol. The summed E-state index contributed by atoms with van der Waals surface area (Å²) in [5.74, 6) is -0.433. The number of pyridine rings is 1. The molecule has 1 saturated carbocycles. The van der Waals surface area contributed by atoms with Gasteiger partial charge in [0.05, 0.1) is 11.1 Å². The molecule has 1 heterocycles. The highest BCUT2D eigenvalue weighted by atomic mass is 16.4. The molecule has 2 aromatic rings.